The normalized spacial score (nSPS) is 12.5. The van der Waals surface area contributed by atoms with Crippen molar-refractivity contribution in [1.29, 1.82) is 0 Å². The lowest BCUT2D eigenvalue weighted by molar-refractivity contribution is 0.185. The Labute approximate surface area is 140 Å². The van der Waals surface area contributed by atoms with E-state index in [9.17, 15) is 4.79 Å². The molecule has 0 saturated carbocycles. The maximum Gasteiger partial charge on any atom is 0.319 e. The number of methoxy groups -OCH3 is 1. The fourth-order valence-corrected chi connectivity index (χ4v) is 2.89. The lowest BCUT2D eigenvalue weighted by Crippen LogP contribution is -2.45. The monoisotopic (exact) mass is 321 g/mol. The maximum atomic E-state index is 12.2. The molecule has 130 valence electrons. The Morgan fingerprint density at radius 3 is 2.43 bits per heavy atom. The third-order valence-corrected chi connectivity index (χ3v) is 4.29. The van der Waals surface area contributed by atoms with E-state index in [1.807, 2.05) is 24.3 Å². The Kier molecular flexibility index (Phi) is 8.66. The number of urea groups is 1. The van der Waals surface area contributed by atoms with E-state index in [4.69, 9.17) is 4.74 Å². The first kappa shape index (κ1) is 19.5. The predicted molar refractivity (Wildman–Crippen MR) is 95.7 cm³/mol. The maximum absolute atomic E-state index is 12.2. The van der Waals surface area contributed by atoms with E-state index in [1.54, 1.807) is 7.11 Å². The molecule has 1 aromatic carbocycles. The molecule has 2 N–H and O–H groups in total. The van der Waals surface area contributed by atoms with Crippen LogP contribution < -0.4 is 10.6 Å². The van der Waals surface area contributed by atoms with E-state index in [2.05, 4.69) is 43.5 Å². The first-order valence-corrected chi connectivity index (χ1v) is 8.31. The smallest absolute Gasteiger partial charge is 0.319 e. The molecule has 1 atom stereocenters. The fraction of sp³-hybridized carbons (Fsp3) is 0.611. The summed E-state index contributed by atoms with van der Waals surface area (Å²) in [5.41, 5.74) is 1.75. The minimum absolute atomic E-state index is 0.175. The number of nitrogens with zero attached hydrogens (tertiary/aromatic N) is 1. The van der Waals surface area contributed by atoms with E-state index in [1.165, 1.54) is 0 Å². The van der Waals surface area contributed by atoms with Crippen molar-refractivity contribution in [3.05, 3.63) is 29.8 Å². The molecular formula is C18H31N3O2. The van der Waals surface area contributed by atoms with E-state index < -0.39 is 0 Å². The number of ether oxygens (including phenoxy) is 1. The van der Waals surface area contributed by atoms with Crippen LogP contribution in [0.15, 0.2) is 24.3 Å². The summed E-state index contributed by atoms with van der Waals surface area (Å²) >= 11 is 0. The number of para-hydroxylation sites is 1. The second kappa shape index (κ2) is 10.2. The molecule has 1 unspecified atom stereocenters. The SMILES string of the molecule is CCC(CC)C(CNC(=O)Nc1ccccc1COC)N(C)C. The lowest BCUT2D eigenvalue weighted by Gasteiger charge is -2.31. The summed E-state index contributed by atoms with van der Waals surface area (Å²) in [7, 11) is 5.78. The van der Waals surface area contributed by atoms with Gasteiger partial charge in [-0.1, -0.05) is 44.9 Å². The molecule has 1 aromatic rings. The van der Waals surface area contributed by atoms with Gasteiger partial charge in [0.2, 0.25) is 0 Å². The fourth-order valence-electron chi connectivity index (χ4n) is 2.89. The van der Waals surface area contributed by atoms with Crippen LogP contribution in [0.1, 0.15) is 32.3 Å². The van der Waals surface area contributed by atoms with Gasteiger partial charge in [-0.25, -0.2) is 4.79 Å². The van der Waals surface area contributed by atoms with Crippen molar-refractivity contribution in [3.63, 3.8) is 0 Å². The molecule has 0 radical (unpaired) electrons. The van der Waals surface area contributed by atoms with E-state index in [-0.39, 0.29) is 6.03 Å². The zero-order valence-electron chi connectivity index (χ0n) is 15.1. The molecule has 0 aromatic heterocycles. The van der Waals surface area contributed by atoms with Crippen LogP contribution in [0.25, 0.3) is 0 Å². The topological polar surface area (TPSA) is 53.6 Å². The molecule has 2 amide bonds. The van der Waals surface area contributed by atoms with Crippen molar-refractivity contribution < 1.29 is 9.53 Å². The molecule has 0 aliphatic carbocycles. The summed E-state index contributed by atoms with van der Waals surface area (Å²) in [6.07, 6.45) is 2.22. The zero-order chi connectivity index (χ0) is 17.2. The van der Waals surface area contributed by atoms with Crippen LogP contribution in [0, 0.1) is 5.92 Å². The highest BCUT2D eigenvalue weighted by atomic mass is 16.5. The summed E-state index contributed by atoms with van der Waals surface area (Å²) in [6, 6.07) is 7.84. The van der Waals surface area contributed by atoms with Crippen molar-refractivity contribution in [2.75, 3.05) is 33.1 Å². The molecule has 0 bridgehead atoms. The number of carbonyl (C=O) groups is 1. The highest BCUT2D eigenvalue weighted by Gasteiger charge is 2.21. The number of hydrogen-bond acceptors (Lipinski definition) is 3. The van der Waals surface area contributed by atoms with Gasteiger partial charge in [0.25, 0.3) is 0 Å². The number of likely N-dealkylation sites (N-methyl/N-ethyl adjacent to an activating group) is 1. The van der Waals surface area contributed by atoms with Gasteiger partial charge in [-0.2, -0.15) is 0 Å². The molecule has 0 spiro atoms. The number of anilines is 1. The molecule has 5 nitrogen and oxygen atoms in total. The molecule has 5 heteroatoms. The molecule has 0 fully saturated rings. The van der Waals surface area contributed by atoms with Gasteiger partial charge in [-0.3, -0.25) is 0 Å². The molecule has 23 heavy (non-hydrogen) atoms. The van der Waals surface area contributed by atoms with Crippen LogP contribution in [0.4, 0.5) is 10.5 Å². The van der Waals surface area contributed by atoms with Gasteiger partial charge in [0.1, 0.15) is 0 Å². The van der Waals surface area contributed by atoms with Crippen molar-refractivity contribution >= 4 is 11.7 Å². The molecule has 0 aliphatic heterocycles. The predicted octanol–water partition coefficient (Wildman–Crippen LogP) is 3.32. The van der Waals surface area contributed by atoms with E-state index in [0.29, 0.717) is 25.1 Å². The highest BCUT2D eigenvalue weighted by molar-refractivity contribution is 5.90. The van der Waals surface area contributed by atoms with E-state index in [0.717, 1.165) is 24.1 Å². The second-order valence-corrected chi connectivity index (χ2v) is 6.03. The van der Waals surface area contributed by atoms with Crippen molar-refractivity contribution in [1.82, 2.24) is 10.2 Å². The Bertz CT molecular complexity index is 473. The van der Waals surface area contributed by atoms with Crippen LogP contribution in [-0.4, -0.2) is 44.7 Å². The lowest BCUT2D eigenvalue weighted by atomic mass is 9.93. The third-order valence-electron chi connectivity index (χ3n) is 4.29. The zero-order valence-corrected chi connectivity index (χ0v) is 15.1. The minimum Gasteiger partial charge on any atom is -0.380 e. The van der Waals surface area contributed by atoms with Gasteiger partial charge in [-0.05, 0) is 26.1 Å². The van der Waals surface area contributed by atoms with Crippen molar-refractivity contribution in [2.24, 2.45) is 5.92 Å². The van der Waals surface area contributed by atoms with Gasteiger partial charge in [-0.15, -0.1) is 0 Å². The summed E-state index contributed by atoms with van der Waals surface area (Å²) < 4.78 is 5.16. The minimum atomic E-state index is -0.175. The average Bonchev–Trinajstić information content (AvgIpc) is 2.53. The largest absolute Gasteiger partial charge is 0.380 e. The van der Waals surface area contributed by atoms with Gasteiger partial charge >= 0.3 is 6.03 Å². The molecule has 0 heterocycles. The molecule has 0 aliphatic rings. The van der Waals surface area contributed by atoms with Gasteiger partial charge < -0.3 is 20.3 Å². The standard InChI is InChI=1S/C18H31N3O2/c1-6-14(7-2)17(21(3)4)12-19-18(22)20-16-11-9-8-10-15(16)13-23-5/h8-11,14,17H,6-7,12-13H2,1-5H3,(H2,19,20,22). The number of nitrogens with one attached hydrogen (secondary N) is 2. The van der Waals surface area contributed by atoms with Gasteiger partial charge in [0.15, 0.2) is 0 Å². The van der Waals surface area contributed by atoms with Crippen molar-refractivity contribution in [2.45, 2.75) is 39.3 Å². The summed E-state index contributed by atoms with van der Waals surface area (Å²) in [4.78, 5) is 14.4. The van der Waals surface area contributed by atoms with Crippen LogP contribution >= 0.6 is 0 Å². The molecular weight excluding hydrogens is 290 g/mol. The van der Waals surface area contributed by atoms with Crippen LogP contribution in [0.2, 0.25) is 0 Å². The van der Waals surface area contributed by atoms with E-state index >= 15 is 0 Å². The van der Waals surface area contributed by atoms with Crippen LogP contribution in [0.3, 0.4) is 0 Å². The summed E-state index contributed by atoms with van der Waals surface area (Å²) in [5.74, 6) is 0.575. The number of benzene rings is 1. The quantitative estimate of drug-likeness (QED) is 0.733. The Morgan fingerprint density at radius 1 is 1.22 bits per heavy atom. The molecule has 0 saturated heterocycles. The van der Waals surface area contributed by atoms with Crippen LogP contribution in [0.5, 0.6) is 0 Å². The number of hydrogen-bond donors (Lipinski definition) is 2. The van der Waals surface area contributed by atoms with Gasteiger partial charge in [0.05, 0.1) is 6.61 Å². The second-order valence-electron chi connectivity index (χ2n) is 6.03. The third kappa shape index (κ3) is 6.20. The Balaban J connectivity index is 2.62. The highest BCUT2D eigenvalue weighted by Crippen LogP contribution is 2.17. The van der Waals surface area contributed by atoms with Crippen LogP contribution in [-0.2, 0) is 11.3 Å². The van der Waals surface area contributed by atoms with Gasteiger partial charge in [0, 0.05) is 30.9 Å². The number of amides is 2. The molecule has 1 rings (SSSR count). The Morgan fingerprint density at radius 2 is 1.87 bits per heavy atom. The number of carbonyl (C=O) groups excluding carboxylic acids is 1. The van der Waals surface area contributed by atoms with Crippen molar-refractivity contribution in [3.8, 4) is 0 Å². The number of rotatable bonds is 9. The first-order valence-electron chi connectivity index (χ1n) is 8.31. The first-order chi connectivity index (χ1) is 11.0. The Hall–Kier alpha value is -1.59. The summed E-state index contributed by atoms with van der Waals surface area (Å²) in [5, 5.41) is 5.91. The summed E-state index contributed by atoms with van der Waals surface area (Å²) in [6.45, 7) is 5.51. The average molecular weight is 321 g/mol.